The van der Waals surface area contributed by atoms with E-state index in [1.165, 1.54) is 43.4 Å². The Kier molecular flexibility index (Phi) is 6.27. The molecule has 0 radical (unpaired) electrons. The van der Waals surface area contributed by atoms with Crippen LogP contribution in [0.2, 0.25) is 0 Å². The van der Waals surface area contributed by atoms with Gasteiger partial charge in [0.05, 0.1) is 32.0 Å². The van der Waals surface area contributed by atoms with Crippen molar-refractivity contribution in [2.75, 3.05) is 20.8 Å². The van der Waals surface area contributed by atoms with E-state index in [0.717, 1.165) is 24.1 Å². The van der Waals surface area contributed by atoms with Gasteiger partial charge in [-0.25, -0.2) is 4.98 Å². The van der Waals surface area contributed by atoms with Gasteiger partial charge in [0.25, 0.3) is 0 Å². The fraction of sp³-hybridized carbons (Fsp3) is 0.478. The van der Waals surface area contributed by atoms with Crippen LogP contribution in [0, 0.1) is 5.41 Å². The zero-order chi connectivity index (χ0) is 21.1. The molecule has 30 heavy (non-hydrogen) atoms. The largest absolute Gasteiger partial charge is 0.510 e. The molecule has 7 heteroatoms. The average molecular weight is 428 g/mol. The highest BCUT2D eigenvalue weighted by atomic mass is 32.1. The van der Waals surface area contributed by atoms with Crippen molar-refractivity contribution in [2.24, 2.45) is 0 Å². The third kappa shape index (κ3) is 4.03. The van der Waals surface area contributed by atoms with E-state index in [4.69, 9.17) is 19.9 Å². The molecule has 160 valence electrons. The number of aromatic nitrogens is 1. The van der Waals surface area contributed by atoms with Gasteiger partial charge < -0.3 is 19.5 Å². The molecule has 0 amide bonds. The Morgan fingerprint density at radius 3 is 2.47 bits per heavy atom. The lowest BCUT2D eigenvalue weighted by Crippen LogP contribution is -2.37. The summed E-state index contributed by atoms with van der Waals surface area (Å²) < 4.78 is 10.7. The summed E-state index contributed by atoms with van der Waals surface area (Å²) in [6.07, 6.45) is 8.44. The number of nitrogens with zero attached hydrogens (tertiary/aromatic N) is 2. The van der Waals surface area contributed by atoms with Crippen LogP contribution in [0.25, 0.3) is 16.8 Å². The summed E-state index contributed by atoms with van der Waals surface area (Å²) >= 11 is 1.46. The summed E-state index contributed by atoms with van der Waals surface area (Å²) in [6, 6.07) is 6.03. The van der Waals surface area contributed by atoms with Crippen LogP contribution in [0.1, 0.15) is 50.0 Å². The topological polar surface area (TPSA) is 78.7 Å². The van der Waals surface area contributed by atoms with E-state index in [1.54, 1.807) is 14.2 Å². The Hall–Kier alpha value is -2.54. The number of thiazole rings is 1. The van der Waals surface area contributed by atoms with Crippen LogP contribution >= 0.6 is 11.3 Å². The monoisotopic (exact) mass is 427 g/mol. The molecule has 2 N–H and O–H groups in total. The molecular formula is C23H29N3O3S. The van der Waals surface area contributed by atoms with Gasteiger partial charge in [0.1, 0.15) is 16.6 Å². The highest BCUT2D eigenvalue weighted by Crippen LogP contribution is 2.37. The maximum absolute atomic E-state index is 10.7. The van der Waals surface area contributed by atoms with E-state index >= 15 is 0 Å². The van der Waals surface area contributed by atoms with Gasteiger partial charge in [-0.1, -0.05) is 32.1 Å². The Morgan fingerprint density at radius 1 is 1.07 bits per heavy atom. The number of hydrogen-bond donors (Lipinski definition) is 2. The summed E-state index contributed by atoms with van der Waals surface area (Å²) in [5.74, 6) is 1.99. The van der Waals surface area contributed by atoms with E-state index in [9.17, 15) is 5.11 Å². The number of nitrogens with one attached hydrogen (secondary N) is 1. The number of amidine groups is 1. The molecule has 0 spiro atoms. The molecule has 1 saturated carbocycles. The predicted octanol–water partition coefficient (Wildman–Crippen LogP) is 5.50. The predicted molar refractivity (Wildman–Crippen MR) is 121 cm³/mol. The van der Waals surface area contributed by atoms with E-state index in [-0.39, 0.29) is 5.76 Å². The second kappa shape index (κ2) is 9.08. The van der Waals surface area contributed by atoms with Crippen molar-refractivity contribution >= 4 is 22.7 Å². The Balaban J connectivity index is 1.55. The number of hydrogen-bond acceptors (Lipinski definition) is 6. The number of rotatable bonds is 5. The van der Waals surface area contributed by atoms with Crippen molar-refractivity contribution in [1.82, 2.24) is 9.88 Å². The Bertz CT molecular complexity index is 945. The van der Waals surface area contributed by atoms with E-state index in [2.05, 4.69) is 4.90 Å². The second-order valence-corrected chi connectivity index (χ2v) is 8.76. The lowest BCUT2D eigenvalue weighted by atomic mass is 9.95. The SMILES string of the molecule is COc1ccc(-c2csc(C3=C(O)CN(C4CCCCCCC4)C3=N)n2)cc1OC. The normalized spacial score (nSPS) is 18.5. The summed E-state index contributed by atoms with van der Waals surface area (Å²) in [4.78, 5) is 6.82. The summed E-state index contributed by atoms with van der Waals surface area (Å²) in [5, 5.41) is 22.1. The van der Waals surface area contributed by atoms with Crippen molar-refractivity contribution < 1.29 is 14.6 Å². The molecular weight excluding hydrogens is 398 g/mol. The van der Waals surface area contributed by atoms with Crippen LogP contribution in [0.5, 0.6) is 11.5 Å². The number of benzene rings is 1. The maximum Gasteiger partial charge on any atom is 0.161 e. The van der Waals surface area contributed by atoms with Crippen LogP contribution in [0.3, 0.4) is 0 Å². The number of aliphatic hydroxyl groups is 1. The molecule has 1 aliphatic carbocycles. The van der Waals surface area contributed by atoms with Crippen LogP contribution in [0.15, 0.2) is 29.3 Å². The summed E-state index contributed by atoms with van der Waals surface area (Å²) in [5.41, 5.74) is 2.29. The Labute approximate surface area is 181 Å². The molecule has 2 aliphatic rings. The van der Waals surface area contributed by atoms with Gasteiger partial charge in [-0.2, -0.15) is 0 Å². The zero-order valence-electron chi connectivity index (χ0n) is 17.6. The number of ether oxygens (including phenoxy) is 2. The molecule has 0 saturated heterocycles. The minimum absolute atomic E-state index is 0.260. The van der Waals surface area contributed by atoms with Crippen molar-refractivity contribution in [2.45, 2.75) is 51.0 Å². The molecule has 2 heterocycles. The van der Waals surface area contributed by atoms with Gasteiger partial charge >= 0.3 is 0 Å². The fourth-order valence-electron chi connectivity index (χ4n) is 4.40. The van der Waals surface area contributed by atoms with Crippen molar-refractivity contribution in [1.29, 1.82) is 5.41 Å². The lowest BCUT2D eigenvalue weighted by molar-refractivity contribution is 0.253. The first-order valence-electron chi connectivity index (χ1n) is 10.6. The molecule has 4 rings (SSSR count). The highest BCUT2D eigenvalue weighted by molar-refractivity contribution is 7.11. The second-order valence-electron chi connectivity index (χ2n) is 7.90. The quantitative estimate of drug-likeness (QED) is 0.658. The van der Waals surface area contributed by atoms with Crippen LogP contribution < -0.4 is 9.47 Å². The third-order valence-corrected chi connectivity index (χ3v) is 6.91. The first-order valence-corrected chi connectivity index (χ1v) is 11.5. The molecule has 2 aromatic rings. The van der Waals surface area contributed by atoms with Gasteiger partial charge in [-0.05, 0) is 31.0 Å². The lowest BCUT2D eigenvalue weighted by Gasteiger charge is -2.31. The number of methoxy groups -OCH3 is 2. The molecule has 0 unspecified atom stereocenters. The van der Waals surface area contributed by atoms with Gasteiger partial charge in [0.2, 0.25) is 0 Å². The number of aliphatic hydroxyl groups excluding tert-OH is 1. The summed E-state index contributed by atoms with van der Waals surface area (Å²) in [7, 11) is 3.22. The van der Waals surface area contributed by atoms with Gasteiger partial charge in [0.15, 0.2) is 11.5 Å². The minimum Gasteiger partial charge on any atom is -0.510 e. The standard InChI is InChI=1S/C23H29N3O3S/c1-28-19-11-10-15(12-20(19)29-2)17-14-30-23(25-17)21-18(27)13-26(22(21)24)16-8-6-4-3-5-7-9-16/h10-12,14,16,24,27H,3-9,13H2,1-2H3. The molecule has 1 aromatic heterocycles. The fourth-order valence-corrected chi connectivity index (χ4v) is 5.29. The van der Waals surface area contributed by atoms with Crippen molar-refractivity contribution in [3.8, 4) is 22.8 Å². The third-order valence-electron chi connectivity index (χ3n) is 6.05. The molecule has 0 bridgehead atoms. The van der Waals surface area contributed by atoms with E-state index < -0.39 is 0 Å². The maximum atomic E-state index is 10.7. The van der Waals surface area contributed by atoms with E-state index in [0.29, 0.717) is 40.5 Å². The summed E-state index contributed by atoms with van der Waals surface area (Å²) in [6.45, 7) is 0.421. The van der Waals surface area contributed by atoms with Crippen molar-refractivity contribution in [3.05, 3.63) is 34.3 Å². The van der Waals surface area contributed by atoms with Crippen molar-refractivity contribution in [3.63, 3.8) is 0 Å². The van der Waals surface area contributed by atoms with Crippen LogP contribution in [-0.2, 0) is 0 Å². The first-order chi connectivity index (χ1) is 14.6. The van der Waals surface area contributed by atoms with Gasteiger partial charge in [-0.15, -0.1) is 11.3 Å². The van der Waals surface area contributed by atoms with Crippen LogP contribution in [0.4, 0.5) is 0 Å². The smallest absolute Gasteiger partial charge is 0.161 e. The first kappa shape index (κ1) is 20.7. The zero-order valence-corrected chi connectivity index (χ0v) is 18.4. The highest BCUT2D eigenvalue weighted by Gasteiger charge is 2.34. The van der Waals surface area contributed by atoms with Gasteiger partial charge in [0, 0.05) is 17.0 Å². The minimum atomic E-state index is 0.260. The van der Waals surface area contributed by atoms with Gasteiger partial charge in [-0.3, -0.25) is 5.41 Å². The van der Waals surface area contributed by atoms with E-state index in [1.807, 2.05) is 23.6 Å². The molecule has 1 aliphatic heterocycles. The molecule has 0 atom stereocenters. The molecule has 1 fully saturated rings. The Morgan fingerprint density at radius 2 is 1.77 bits per heavy atom. The molecule has 1 aromatic carbocycles. The molecule has 6 nitrogen and oxygen atoms in total. The average Bonchev–Trinajstić information content (AvgIpc) is 3.31. The van der Waals surface area contributed by atoms with Crippen LogP contribution in [-0.4, -0.2) is 47.6 Å².